The van der Waals surface area contributed by atoms with Crippen LogP contribution in [0.25, 0.3) is 11.3 Å². The molecule has 1 aromatic carbocycles. The van der Waals surface area contributed by atoms with Crippen molar-refractivity contribution in [1.29, 1.82) is 0 Å². The Morgan fingerprint density at radius 2 is 2.06 bits per heavy atom. The summed E-state index contributed by atoms with van der Waals surface area (Å²) in [6.45, 7) is 6.51. The number of carbonyl (C=O) groups excluding carboxylic acids is 1. The lowest BCUT2D eigenvalue weighted by Gasteiger charge is -2.13. The standard InChI is InChI=1S/C26H26N8O2/c1-17-4-6-21(7-5-17)34-24(29-26(35)22-14-28-33-10-3-9-27-25(22)33)13-23(30-34)19-8-11-32(15-19)16-20-12-18(2)36-31-20/h3-7,9-10,12-14,19H,8,11,15-16H2,1-2H3,(H,29,35). The van der Waals surface area contributed by atoms with E-state index in [-0.39, 0.29) is 11.8 Å². The van der Waals surface area contributed by atoms with Gasteiger partial charge in [-0.3, -0.25) is 9.69 Å². The van der Waals surface area contributed by atoms with Crippen molar-refractivity contribution < 1.29 is 9.32 Å². The molecule has 1 N–H and O–H groups in total. The van der Waals surface area contributed by atoms with Gasteiger partial charge in [0, 0.05) is 43.5 Å². The fourth-order valence-electron chi connectivity index (χ4n) is 4.68. The molecule has 10 heteroatoms. The second-order valence-corrected chi connectivity index (χ2v) is 9.25. The minimum atomic E-state index is -0.280. The molecular formula is C26H26N8O2. The largest absolute Gasteiger partial charge is 0.361 e. The molecule has 4 aromatic heterocycles. The molecule has 1 aliphatic rings. The molecule has 6 rings (SSSR count). The van der Waals surface area contributed by atoms with Crippen LogP contribution in [-0.2, 0) is 6.54 Å². The topological polar surface area (TPSA) is 106 Å². The van der Waals surface area contributed by atoms with Crippen LogP contribution >= 0.6 is 0 Å². The normalized spacial score (nSPS) is 16.1. The minimum absolute atomic E-state index is 0.249. The Kier molecular flexibility index (Phi) is 5.57. The van der Waals surface area contributed by atoms with Crippen LogP contribution in [0.3, 0.4) is 0 Å². The van der Waals surface area contributed by atoms with E-state index >= 15 is 0 Å². The van der Waals surface area contributed by atoms with Gasteiger partial charge in [-0.25, -0.2) is 14.2 Å². The third kappa shape index (κ3) is 4.27. The molecule has 1 saturated heterocycles. The van der Waals surface area contributed by atoms with E-state index in [9.17, 15) is 4.79 Å². The molecule has 1 atom stereocenters. The zero-order valence-corrected chi connectivity index (χ0v) is 20.1. The molecule has 36 heavy (non-hydrogen) atoms. The van der Waals surface area contributed by atoms with Gasteiger partial charge < -0.3 is 9.84 Å². The molecule has 0 aliphatic carbocycles. The molecule has 182 valence electrons. The fourth-order valence-corrected chi connectivity index (χ4v) is 4.68. The Balaban J connectivity index is 1.28. The summed E-state index contributed by atoms with van der Waals surface area (Å²) >= 11 is 0. The van der Waals surface area contributed by atoms with Crippen molar-refractivity contribution in [2.24, 2.45) is 0 Å². The highest BCUT2D eigenvalue weighted by Crippen LogP contribution is 2.30. The first-order valence-corrected chi connectivity index (χ1v) is 11.9. The Morgan fingerprint density at radius 3 is 2.86 bits per heavy atom. The molecular weight excluding hydrogens is 456 g/mol. The lowest BCUT2D eigenvalue weighted by atomic mass is 10.1. The van der Waals surface area contributed by atoms with Gasteiger partial charge in [0.1, 0.15) is 17.1 Å². The van der Waals surface area contributed by atoms with Gasteiger partial charge in [0.2, 0.25) is 0 Å². The number of hydrogen-bond donors (Lipinski definition) is 1. The van der Waals surface area contributed by atoms with Crippen LogP contribution in [0.15, 0.2) is 65.6 Å². The quantitative estimate of drug-likeness (QED) is 0.393. The van der Waals surface area contributed by atoms with Crippen LogP contribution < -0.4 is 5.32 Å². The summed E-state index contributed by atoms with van der Waals surface area (Å²) in [5.74, 6) is 1.40. The highest BCUT2D eigenvalue weighted by atomic mass is 16.5. The molecule has 1 fully saturated rings. The van der Waals surface area contributed by atoms with E-state index in [0.29, 0.717) is 17.0 Å². The number of nitrogens with one attached hydrogen (secondary N) is 1. The van der Waals surface area contributed by atoms with E-state index in [4.69, 9.17) is 9.62 Å². The minimum Gasteiger partial charge on any atom is -0.361 e. The van der Waals surface area contributed by atoms with Crippen molar-refractivity contribution in [3.05, 3.63) is 89.3 Å². The van der Waals surface area contributed by atoms with Crippen LogP contribution in [0.2, 0.25) is 0 Å². The fraction of sp³-hybridized carbons (Fsp3) is 0.269. The number of carbonyl (C=O) groups is 1. The Labute approximate surface area is 207 Å². The average molecular weight is 483 g/mol. The number of aryl methyl sites for hydroxylation is 2. The molecule has 0 radical (unpaired) electrons. The maximum atomic E-state index is 13.2. The number of aromatic nitrogens is 6. The maximum Gasteiger partial charge on any atom is 0.262 e. The van der Waals surface area contributed by atoms with E-state index < -0.39 is 0 Å². The van der Waals surface area contributed by atoms with E-state index in [2.05, 4.69) is 25.5 Å². The highest BCUT2D eigenvalue weighted by molar-refractivity contribution is 6.07. The van der Waals surface area contributed by atoms with Crippen molar-refractivity contribution in [2.75, 3.05) is 18.4 Å². The lowest BCUT2D eigenvalue weighted by molar-refractivity contribution is 0.102. The van der Waals surface area contributed by atoms with Crippen molar-refractivity contribution in [1.82, 2.24) is 34.4 Å². The Hall–Kier alpha value is -4.31. The molecule has 5 aromatic rings. The van der Waals surface area contributed by atoms with Crippen molar-refractivity contribution in [3.8, 4) is 5.69 Å². The van der Waals surface area contributed by atoms with E-state index in [1.807, 2.05) is 50.2 Å². The smallest absolute Gasteiger partial charge is 0.262 e. The van der Waals surface area contributed by atoms with Gasteiger partial charge in [-0.2, -0.15) is 10.2 Å². The van der Waals surface area contributed by atoms with Crippen molar-refractivity contribution in [2.45, 2.75) is 32.7 Å². The highest BCUT2D eigenvalue weighted by Gasteiger charge is 2.28. The maximum absolute atomic E-state index is 13.2. The molecule has 1 unspecified atom stereocenters. The molecule has 1 aliphatic heterocycles. The summed E-state index contributed by atoms with van der Waals surface area (Å²) in [4.78, 5) is 19.9. The van der Waals surface area contributed by atoms with E-state index in [1.165, 1.54) is 6.20 Å². The van der Waals surface area contributed by atoms with Gasteiger partial charge in [0.25, 0.3) is 5.91 Å². The number of nitrogens with zero attached hydrogens (tertiary/aromatic N) is 7. The van der Waals surface area contributed by atoms with Crippen LogP contribution in [0.5, 0.6) is 0 Å². The second kappa shape index (κ2) is 9.04. The number of likely N-dealkylation sites (tertiary alicyclic amines) is 1. The van der Waals surface area contributed by atoms with Crippen molar-refractivity contribution in [3.63, 3.8) is 0 Å². The number of benzene rings is 1. The number of amides is 1. The Bertz CT molecular complexity index is 1530. The molecule has 10 nitrogen and oxygen atoms in total. The van der Waals surface area contributed by atoms with Gasteiger partial charge in [-0.05, 0) is 45.0 Å². The zero-order chi connectivity index (χ0) is 24.6. The summed E-state index contributed by atoms with van der Waals surface area (Å²) in [5, 5.41) is 16.3. The monoisotopic (exact) mass is 482 g/mol. The Morgan fingerprint density at radius 1 is 1.19 bits per heavy atom. The van der Waals surface area contributed by atoms with E-state index in [1.54, 1.807) is 27.7 Å². The molecule has 0 saturated carbocycles. The predicted octanol–water partition coefficient (Wildman–Crippen LogP) is 3.76. The summed E-state index contributed by atoms with van der Waals surface area (Å²) in [6.07, 6.45) is 5.92. The van der Waals surface area contributed by atoms with Crippen molar-refractivity contribution >= 4 is 17.4 Å². The van der Waals surface area contributed by atoms with Gasteiger partial charge in [0.15, 0.2) is 5.65 Å². The summed E-state index contributed by atoms with van der Waals surface area (Å²) in [5.41, 5.74) is 4.84. The van der Waals surface area contributed by atoms with Crippen LogP contribution in [-0.4, -0.2) is 53.4 Å². The van der Waals surface area contributed by atoms with Crippen LogP contribution in [0.4, 0.5) is 5.82 Å². The molecule has 0 bridgehead atoms. The van der Waals surface area contributed by atoms with Gasteiger partial charge in [-0.15, -0.1) is 0 Å². The SMILES string of the molecule is Cc1ccc(-n2nc(C3CCN(Cc4cc(C)on4)C3)cc2NC(=O)c2cnn3cccnc23)cc1. The zero-order valence-electron chi connectivity index (χ0n) is 20.1. The van der Waals surface area contributed by atoms with Crippen LogP contribution in [0.1, 0.15) is 45.4 Å². The third-order valence-electron chi connectivity index (χ3n) is 6.53. The summed E-state index contributed by atoms with van der Waals surface area (Å²) in [6, 6.07) is 13.8. The van der Waals surface area contributed by atoms with E-state index in [0.717, 1.165) is 54.5 Å². The number of fused-ring (bicyclic) bond motifs is 1. The molecule has 1 amide bonds. The molecule has 0 spiro atoms. The first-order valence-electron chi connectivity index (χ1n) is 11.9. The van der Waals surface area contributed by atoms with Gasteiger partial charge in [-0.1, -0.05) is 22.9 Å². The predicted molar refractivity (Wildman–Crippen MR) is 133 cm³/mol. The van der Waals surface area contributed by atoms with Gasteiger partial charge >= 0.3 is 0 Å². The van der Waals surface area contributed by atoms with Crippen LogP contribution in [0, 0.1) is 13.8 Å². The molecule has 5 heterocycles. The number of rotatable bonds is 6. The first-order chi connectivity index (χ1) is 17.5. The summed E-state index contributed by atoms with van der Waals surface area (Å²) < 4.78 is 8.60. The lowest BCUT2D eigenvalue weighted by Crippen LogP contribution is -2.20. The van der Waals surface area contributed by atoms with Gasteiger partial charge in [0.05, 0.1) is 23.3 Å². The number of anilines is 1. The average Bonchev–Trinajstić information content (AvgIpc) is 3.67. The number of hydrogen-bond acceptors (Lipinski definition) is 7. The second-order valence-electron chi connectivity index (χ2n) is 9.25. The third-order valence-corrected chi connectivity index (χ3v) is 6.53. The first kappa shape index (κ1) is 22.2. The summed E-state index contributed by atoms with van der Waals surface area (Å²) in [7, 11) is 0.